The average Bonchev–Trinajstić information content (AvgIpc) is 2.37. The molecule has 0 aromatic heterocycles. The second-order valence-corrected chi connectivity index (χ2v) is 4.10. The summed E-state index contributed by atoms with van der Waals surface area (Å²) in [7, 11) is 0. The molecule has 0 radical (unpaired) electrons. The fraction of sp³-hybridized carbons (Fsp3) is 0.417. The standard InChI is InChI=1S/C12H12F3N3O2/c13-12(14,15)10(7-16)8-17-6-5-9-1-3-11(4-2-9)18(19)20/h1-4,10,17H,5-6,8H2. The first-order chi connectivity index (χ1) is 9.34. The van der Waals surface area contributed by atoms with Gasteiger partial charge >= 0.3 is 6.18 Å². The molecule has 0 aliphatic rings. The number of benzene rings is 1. The highest BCUT2D eigenvalue weighted by Gasteiger charge is 2.39. The van der Waals surface area contributed by atoms with Crippen molar-refractivity contribution in [3.63, 3.8) is 0 Å². The molecule has 8 heteroatoms. The third kappa shape index (κ3) is 4.85. The van der Waals surface area contributed by atoms with Crippen molar-refractivity contribution in [3.05, 3.63) is 39.9 Å². The Morgan fingerprint density at radius 1 is 1.35 bits per heavy atom. The van der Waals surface area contributed by atoms with E-state index in [1.807, 2.05) is 0 Å². The number of nitrogens with zero attached hydrogens (tertiary/aromatic N) is 2. The number of hydrogen-bond donors (Lipinski definition) is 1. The molecule has 1 aromatic rings. The molecular formula is C12H12F3N3O2. The van der Waals surface area contributed by atoms with Crippen LogP contribution in [0, 0.1) is 27.4 Å². The maximum absolute atomic E-state index is 12.3. The van der Waals surface area contributed by atoms with E-state index in [2.05, 4.69) is 5.32 Å². The highest BCUT2D eigenvalue weighted by molar-refractivity contribution is 5.32. The number of non-ortho nitro benzene ring substituents is 1. The van der Waals surface area contributed by atoms with Crippen molar-refractivity contribution in [2.24, 2.45) is 5.92 Å². The van der Waals surface area contributed by atoms with Crippen LogP contribution in [0.25, 0.3) is 0 Å². The summed E-state index contributed by atoms with van der Waals surface area (Å²) in [5, 5.41) is 21.4. The van der Waals surface area contributed by atoms with Crippen LogP contribution in [-0.4, -0.2) is 24.2 Å². The van der Waals surface area contributed by atoms with Crippen LogP contribution < -0.4 is 5.32 Å². The molecule has 1 atom stereocenters. The van der Waals surface area contributed by atoms with Gasteiger partial charge in [0, 0.05) is 18.7 Å². The summed E-state index contributed by atoms with van der Waals surface area (Å²) in [6, 6.07) is 6.96. The second-order valence-electron chi connectivity index (χ2n) is 4.10. The third-order valence-electron chi connectivity index (χ3n) is 2.64. The molecule has 1 rings (SSSR count). The van der Waals surface area contributed by atoms with Crippen LogP contribution in [0.5, 0.6) is 0 Å². The van der Waals surface area contributed by atoms with Gasteiger partial charge in [-0.1, -0.05) is 12.1 Å². The van der Waals surface area contributed by atoms with Gasteiger partial charge in [0.05, 0.1) is 11.0 Å². The summed E-state index contributed by atoms with van der Waals surface area (Å²) in [4.78, 5) is 9.91. The SMILES string of the molecule is N#CC(CNCCc1ccc([N+](=O)[O-])cc1)C(F)(F)F. The van der Waals surface area contributed by atoms with Crippen LogP contribution in [0.15, 0.2) is 24.3 Å². The first-order valence-corrected chi connectivity index (χ1v) is 5.75. The molecule has 0 saturated carbocycles. The maximum atomic E-state index is 12.3. The lowest BCUT2D eigenvalue weighted by Crippen LogP contribution is -2.33. The van der Waals surface area contributed by atoms with Crippen molar-refractivity contribution < 1.29 is 18.1 Å². The number of nitrogens with one attached hydrogen (secondary N) is 1. The lowest BCUT2D eigenvalue weighted by Gasteiger charge is -2.13. The van der Waals surface area contributed by atoms with Crippen LogP contribution >= 0.6 is 0 Å². The smallest absolute Gasteiger partial charge is 0.315 e. The Kier molecular flexibility index (Phi) is 5.46. The fourth-order valence-electron chi connectivity index (χ4n) is 1.50. The zero-order chi connectivity index (χ0) is 15.2. The van der Waals surface area contributed by atoms with Crippen LogP contribution in [0.2, 0.25) is 0 Å². The molecule has 0 fully saturated rings. The van der Waals surface area contributed by atoms with E-state index in [1.54, 1.807) is 12.1 Å². The maximum Gasteiger partial charge on any atom is 0.405 e. The van der Waals surface area contributed by atoms with Crippen LogP contribution in [0.3, 0.4) is 0 Å². The molecule has 5 nitrogen and oxygen atoms in total. The summed E-state index contributed by atoms with van der Waals surface area (Å²) in [6.07, 6.45) is -4.11. The summed E-state index contributed by atoms with van der Waals surface area (Å²) in [6.45, 7) is -0.209. The summed E-state index contributed by atoms with van der Waals surface area (Å²) in [5.74, 6) is -2.03. The quantitative estimate of drug-likeness (QED) is 0.495. The third-order valence-corrected chi connectivity index (χ3v) is 2.64. The van der Waals surface area contributed by atoms with E-state index in [4.69, 9.17) is 5.26 Å². The predicted octanol–water partition coefficient (Wildman–Crippen LogP) is 2.43. The topological polar surface area (TPSA) is 79.0 Å². The van der Waals surface area contributed by atoms with Gasteiger partial charge in [0.15, 0.2) is 5.92 Å². The number of nitriles is 1. The molecule has 0 spiro atoms. The van der Waals surface area contributed by atoms with Crippen molar-refractivity contribution >= 4 is 5.69 Å². The molecule has 0 aliphatic carbocycles. The van der Waals surface area contributed by atoms with Gasteiger partial charge in [-0.25, -0.2) is 0 Å². The largest absolute Gasteiger partial charge is 0.405 e. The Bertz CT molecular complexity index is 494. The normalized spacial score (nSPS) is 12.7. The number of rotatable bonds is 6. The molecule has 1 aromatic carbocycles. The highest BCUT2D eigenvalue weighted by Crippen LogP contribution is 2.24. The summed E-state index contributed by atoms with van der Waals surface area (Å²) in [5.41, 5.74) is 0.729. The Labute approximate surface area is 113 Å². The molecular weight excluding hydrogens is 275 g/mol. The number of hydrogen-bond acceptors (Lipinski definition) is 4. The van der Waals surface area contributed by atoms with E-state index in [1.165, 1.54) is 18.2 Å². The van der Waals surface area contributed by atoms with Crippen LogP contribution in [0.1, 0.15) is 5.56 Å². The molecule has 0 amide bonds. The summed E-state index contributed by atoms with van der Waals surface area (Å²) < 4.78 is 36.8. The van der Waals surface area contributed by atoms with Gasteiger partial charge in [0.2, 0.25) is 0 Å². The Balaban J connectivity index is 2.38. The Morgan fingerprint density at radius 3 is 2.40 bits per heavy atom. The van der Waals surface area contributed by atoms with Gasteiger partial charge in [-0.15, -0.1) is 0 Å². The van der Waals surface area contributed by atoms with E-state index in [-0.39, 0.29) is 12.2 Å². The van der Waals surface area contributed by atoms with Crippen molar-refractivity contribution in [2.75, 3.05) is 13.1 Å². The summed E-state index contributed by atoms with van der Waals surface area (Å²) >= 11 is 0. The van der Waals surface area contributed by atoms with E-state index in [9.17, 15) is 23.3 Å². The zero-order valence-electron chi connectivity index (χ0n) is 10.4. The molecule has 1 unspecified atom stereocenters. The Morgan fingerprint density at radius 2 is 1.95 bits per heavy atom. The van der Waals surface area contributed by atoms with Crippen molar-refractivity contribution in [3.8, 4) is 6.07 Å². The van der Waals surface area contributed by atoms with Gasteiger partial charge in [-0.05, 0) is 18.5 Å². The van der Waals surface area contributed by atoms with E-state index >= 15 is 0 Å². The van der Waals surface area contributed by atoms with Gasteiger partial charge < -0.3 is 5.32 Å². The minimum absolute atomic E-state index is 0.0386. The second kappa shape index (κ2) is 6.86. The molecule has 108 valence electrons. The van der Waals surface area contributed by atoms with E-state index in [0.29, 0.717) is 6.42 Å². The molecule has 0 saturated heterocycles. The number of alkyl halides is 3. The number of nitro benzene ring substituents is 1. The number of halogens is 3. The zero-order valence-corrected chi connectivity index (χ0v) is 10.4. The fourth-order valence-corrected chi connectivity index (χ4v) is 1.50. The van der Waals surface area contributed by atoms with Crippen molar-refractivity contribution in [1.29, 1.82) is 5.26 Å². The molecule has 0 aliphatic heterocycles. The average molecular weight is 287 g/mol. The molecule has 0 bridgehead atoms. The van der Waals surface area contributed by atoms with E-state index in [0.717, 1.165) is 5.56 Å². The van der Waals surface area contributed by atoms with Crippen molar-refractivity contribution in [1.82, 2.24) is 5.32 Å². The highest BCUT2D eigenvalue weighted by atomic mass is 19.4. The van der Waals surface area contributed by atoms with E-state index < -0.39 is 23.6 Å². The van der Waals surface area contributed by atoms with Gasteiger partial charge in [0.1, 0.15) is 0 Å². The lowest BCUT2D eigenvalue weighted by molar-refractivity contribution is -0.384. The first-order valence-electron chi connectivity index (χ1n) is 5.75. The minimum atomic E-state index is -4.53. The molecule has 1 N–H and O–H groups in total. The van der Waals surface area contributed by atoms with Gasteiger partial charge in [0.25, 0.3) is 5.69 Å². The monoisotopic (exact) mass is 287 g/mol. The first kappa shape index (κ1) is 15.9. The van der Waals surface area contributed by atoms with Gasteiger partial charge in [-0.2, -0.15) is 18.4 Å². The van der Waals surface area contributed by atoms with Crippen LogP contribution in [-0.2, 0) is 6.42 Å². The predicted molar refractivity (Wildman–Crippen MR) is 64.8 cm³/mol. The molecule has 0 heterocycles. The lowest BCUT2D eigenvalue weighted by atomic mass is 10.1. The van der Waals surface area contributed by atoms with Gasteiger partial charge in [-0.3, -0.25) is 10.1 Å². The minimum Gasteiger partial charge on any atom is -0.315 e. The Hall–Kier alpha value is -2.14. The number of nitro groups is 1. The van der Waals surface area contributed by atoms with Crippen LogP contribution in [0.4, 0.5) is 18.9 Å². The molecule has 20 heavy (non-hydrogen) atoms. The van der Waals surface area contributed by atoms with Crippen molar-refractivity contribution in [2.45, 2.75) is 12.6 Å².